The third kappa shape index (κ3) is 3.35. The van der Waals surface area contributed by atoms with Crippen LogP contribution in [-0.4, -0.2) is 18.0 Å². The van der Waals surface area contributed by atoms with E-state index in [2.05, 4.69) is 10.6 Å². The average molecular weight is 270 g/mol. The molecule has 0 radical (unpaired) electrons. The number of rotatable bonds is 3. The van der Waals surface area contributed by atoms with Crippen molar-refractivity contribution in [3.05, 3.63) is 48.0 Å². The lowest BCUT2D eigenvalue weighted by molar-refractivity contribution is 0.0963. The predicted molar refractivity (Wildman–Crippen MR) is 79.7 cm³/mol. The van der Waals surface area contributed by atoms with Gasteiger partial charge >= 0.3 is 6.03 Å². The molecule has 0 aliphatic heterocycles. The largest absolute Gasteiger partial charge is 0.335 e. The molecule has 0 bridgehead atoms. The molecule has 2 aromatic carbocycles. The molecular weight excluding hydrogens is 252 g/mol. The lowest BCUT2D eigenvalue weighted by Crippen LogP contribution is -2.43. The van der Waals surface area contributed by atoms with Gasteiger partial charge < -0.3 is 5.32 Å². The highest BCUT2D eigenvalue weighted by atomic mass is 16.2. The Hall–Kier alpha value is -2.36. The molecule has 0 saturated carbocycles. The maximum absolute atomic E-state index is 12.0. The van der Waals surface area contributed by atoms with Crippen LogP contribution >= 0.6 is 0 Å². The molecule has 20 heavy (non-hydrogen) atoms. The molecule has 1 atom stereocenters. The first-order chi connectivity index (χ1) is 9.60. The minimum absolute atomic E-state index is 0.0411. The van der Waals surface area contributed by atoms with Crippen LogP contribution in [0.25, 0.3) is 10.8 Å². The van der Waals surface area contributed by atoms with E-state index < -0.39 is 11.9 Å². The number of urea groups is 1. The van der Waals surface area contributed by atoms with Crippen LogP contribution in [0.15, 0.2) is 42.5 Å². The molecule has 4 nitrogen and oxygen atoms in total. The second-order valence-corrected chi connectivity index (χ2v) is 4.80. The Morgan fingerprint density at radius 1 is 1.10 bits per heavy atom. The number of benzene rings is 2. The van der Waals surface area contributed by atoms with E-state index in [1.165, 1.54) is 0 Å². The topological polar surface area (TPSA) is 58.2 Å². The van der Waals surface area contributed by atoms with E-state index in [0.717, 1.165) is 17.2 Å². The Balaban J connectivity index is 2.09. The van der Waals surface area contributed by atoms with Gasteiger partial charge in [-0.1, -0.05) is 37.3 Å². The first-order valence-corrected chi connectivity index (χ1v) is 6.71. The number of fused-ring (bicyclic) bond motifs is 1. The van der Waals surface area contributed by atoms with Gasteiger partial charge in [0.2, 0.25) is 0 Å². The summed E-state index contributed by atoms with van der Waals surface area (Å²) in [7, 11) is 0. The van der Waals surface area contributed by atoms with Gasteiger partial charge in [0.05, 0.1) is 0 Å². The van der Waals surface area contributed by atoms with Crippen molar-refractivity contribution in [3.8, 4) is 0 Å². The van der Waals surface area contributed by atoms with Gasteiger partial charge in [0, 0.05) is 11.6 Å². The second-order valence-electron chi connectivity index (χ2n) is 4.80. The lowest BCUT2D eigenvalue weighted by atomic mass is 10.1. The molecule has 2 aromatic rings. The third-order valence-corrected chi connectivity index (χ3v) is 3.23. The van der Waals surface area contributed by atoms with Crippen molar-refractivity contribution in [3.63, 3.8) is 0 Å². The summed E-state index contributed by atoms with van der Waals surface area (Å²) in [5, 5.41) is 7.07. The number of amides is 3. The SMILES string of the molecule is CC[C@@H](C)NC(=O)NC(=O)c1ccc2ccccc2c1. The van der Waals surface area contributed by atoms with Gasteiger partial charge in [-0.3, -0.25) is 10.1 Å². The molecule has 2 N–H and O–H groups in total. The maximum atomic E-state index is 12.0. The Morgan fingerprint density at radius 3 is 2.50 bits per heavy atom. The van der Waals surface area contributed by atoms with E-state index >= 15 is 0 Å². The summed E-state index contributed by atoms with van der Waals surface area (Å²) in [5.74, 6) is -0.392. The van der Waals surface area contributed by atoms with Crippen LogP contribution in [0, 0.1) is 0 Å². The maximum Gasteiger partial charge on any atom is 0.321 e. The number of carbonyl (C=O) groups is 2. The van der Waals surface area contributed by atoms with Crippen LogP contribution in [0.3, 0.4) is 0 Å². The molecule has 3 amide bonds. The number of imide groups is 1. The average Bonchev–Trinajstić information content (AvgIpc) is 2.46. The highest BCUT2D eigenvalue weighted by Crippen LogP contribution is 2.15. The van der Waals surface area contributed by atoms with Gasteiger partial charge in [-0.2, -0.15) is 0 Å². The monoisotopic (exact) mass is 270 g/mol. The summed E-state index contributed by atoms with van der Waals surface area (Å²) < 4.78 is 0. The van der Waals surface area contributed by atoms with E-state index in [0.29, 0.717) is 5.56 Å². The van der Waals surface area contributed by atoms with Crippen LogP contribution in [-0.2, 0) is 0 Å². The van der Waals surface area contributed by atoms with Crippen molar-refractivity contribution < 1.29 is 9.59 Å². The van der Waals surface area contributed by atoms with Crippen molar-refractivity contribution in [1.82, 2.24) is 10.6 Å². The molecular formula is C16H18N2O2. The molecule has 0 heterocycles. The van der Waals surface area contributed by atoms with Gasteiger partial charge in [-0.25, -0.2) is 4.79 Å². The van der Waals surface area contributed by atoms with E-state index in [-0.39, 0.29) is 6.04 Å². The minimum Gasteiger partial charge on any atom is -0.335 e. The Labute approximate surface area is 118 Å². The third-order valence-electron chi connectivity index (χ3n) is 3.23. The van der Waals surface area contributed by atoms with Crippen LogP contribution in [0.4, 0.5) is 4.79 Å². The van der Waals surface area contributed by atoms with Gasteiger partial charge in [0.25, 0.3) is 5.91 Å². The molecule has 0 aromatic heterocycles. The zero-order chi connectivity index (χ0) is 14.5. The Kier molecular flexibility index (Phi) is 4.35. The molecule has 0 fully saturated rings. The van der Waals surface area contributed by atoms with E-state index in [9.17, 15) is 9.59 Å². The zero-order valence-electron chi connectivity index (χ0n) is 11.6. The summed E-state index contributed by atoms with van der Waals surface area (Å²) in [6.45, 7) is 3.86. The summed E-state index contributed by atoms with van der Waals surface area (Å²) in [6.07, 6.45) is 0.817. The van der Waals surface area contributed by atoms with E-state index in [1.807, 2.05) is 44.2 Å². The normalized spacial score (nSPS) is 11.9. The van der Waals surface area contributed by atoms with Crippen molar-refractivity contribution in [2.45, 2.75) is 26.3 Å². The van der Waals surface area contributed by atoms with Crippen LogP contribution in [0.1, 0.15) is 30.6 Å². The van der Waals surface area contributed by atoms with Gasteiger partial charge in [-0.15, -0.1) is 0 Å². The van der Waals surface area contributed by atoms with Crippen molar-refractivity contribution in [1.29, 1.82) is 0 Å². The molecule has 0 saturated heterocycles. The fourth-order valence-electron chi connectivity index (χ4n) is 1.87. The molecule has 4 heteroatoms. The summed E-state index contributed by atoms with van der Waals surface area (Å²) in [4.78, 5) is 23.6. The number of carbonyl (C=O) groups excluding carboxylic acids is 2. The smallest absolute Gasteiger partial charge is 0.321 e. The molecule has 2 rings (SSSR count). The first-order valence-electron chi connectivity index (χ1n) is 6.71. The molecule has 0 unspecified atom stereocenters. The summed E-state index contributed by atoms with van der Waals surface area (Å²) in [5.41, 5.74) is 0.475. The Bertz CT molecular complexity index is 637. The van der Waals surface area contributed by atoms with Gasteiger partial charge in [0.15, 0.2) is 0 Å². The standard InChI is InChI=1S/C16H18N2O2/c1-3-11(2)17-16(20)18-15(19)14-9-8-12-6-4-5-7-13(12)10-14/h4-11H,3H2,1-2H3,(H2,17,18,19,20)/t11-/m1/s1. The fraction of sp³-hybridized carbons (Fsp3) is 0.250. The highest BCUT2D eigenvalue weighted by Gasteiger charge is 2.11. The number of nitrogens with one attached hydrogen (secondary N) is 2. The molecule has 0 aliphatic carbocycles. The Morgan fingerprint density at radius 2 is 1.80 bits per heavy atom. The highest BCUT2D eigenvalue weighted by molar-refractivity contribution is 6.06. The quantitative estimate of drug-likeness (QED) is 0.900. The second kappa shape index (κ2) is 6.19. The first kappa shape index (κ1) is 14.1. The lowest BCUT2D eigenvalue weighted by Gasteiger charge is -2.11. The summed E-state index contributed by atoms with van der Waals surface area (Å²) in [6, 6.07) is 12.7. The minimum atomic E-state index is -0.461. The van der Waals surface area contributed by atoms with Gasteiger partial charge in [-0.05, 0) is 36.2 Å². The van der Waals surface area contributed by atoms with Crippen LogP contribution in [0.5, 0.6) is 0 Å². The number of hydrogen-bond acceptors (Lipinski definition) is 2. The van der Waals surface area contributed by atoms with Crippen molar-refractivity contribution in [2.75, 3.05) is 0 Å². The fourth-order valence-corrected chi connectivity index (χ4v) is 1.87. The van der Waals surface area contributed by atoms with Crippen LogP contribution in [0.2, 0.25) is 0 Å². The number of hydrogen-bond donors (Lipinski definition) is 2. The van der Waals surface area contributed by atoms with Crippen LogP contribution < -0.4 is 10.6 Å². The van der Waals surface area contributed by atoms with E-state index in [4.69, 9.17) is 0 Å². The molecule has 104 valence electrons. The molecule has 0 aliphatic rings. The van der Waals surface area contributed by atoms with Gasteiger partial charge in [0.1, 0.15) is 0 Å². The summed E-state index contributed by atoms with van der Waals surface area (Å²) >= 11 is 0. The van der Waals surface area contributed by atoms with Crippen molar-refractivity contribution >= 4 is 22.7 Å². The molecule has 0 spiro atoms. The predicted octanol–water partition coefficient (Wildman–Crippen LogP) is 3.08. The van der Waals surface area contributed by atoms with Crippen molar-refractivity contribution in [2.24, 2.45) is 0 Å². The zero-order valence-corrected chi connectivity index (χ0v) is 11.6. The van der Waals surface area contributed by atoms with E-state index in [1.54, 1.807) is 12.1 Å².